The van der Waals surface area contributed by atoms with Gasteiger partial charge in [-0.1, -0.05) is 13.0 Å². The zero-order valence-electron chi connectivity index (χ0n) is 18.0. The minimum Gasteiger partial charge on any atom is -0.482 e. The van der Waals surface area contributed by atoms with Crippen molar-refractivity contribution in [3.05, 3.63) is 59.2 Å². The van der Waals surface area contributed by atoms with Crippen molar-refractivity contribution in [2.75, 3.05) is 24.7 Å². The van der Waals surface area contributed by atoms with Crippen LogP contribution in [0.2, 0.25) is 0 Å². The highest BCUT2D eigenvalue weighted by atomic mass is 16.6. The van der Waals surface area contributed by atoms with Crippen molar-refractivity contribution in [1.29, 1.82) is 5.26 Å². The van der Waals surface area contributed by atoms with Gasteiger partial charge >= 0.3 is 5.97 Å². The Hall–Kier alpha value is -3.66. The monoisotopic (exact) mass is 422 g/mol. The topological polar surface area (TPSA) is 96.7 Å². The van der Waals surface area contributed by atoms with E-state index < -0.39 is 18.5 Å². The van der Waals surface area contributed by atoms with Gasteiger partial charge in [0.25, 0.3) is 5.91 Å². The number of nitrogens with zero attached hydrogens (tertiary/aromatic N) is 2. The van der Waals surface area contributed by atoms with E-state index in [0.717, 1.165) is 11.1 Å². The maximum Gasteiger partial charge on any atom is 0.344 e. The number of nitriles is 1. The summed E-state index contributed by atoms with van der Waals surface area (Å²) in [5.74, 6) is -0.671. The second-order valence-corrected chi connectivity index (χ2v) is 7.05. The number of amides is 1. The first-order valence-corrected chi connectivity index (χ1v) is 10.0. The van der Waals surface area contributed by atoms with Gasteiger partial charge in [-0.25, -0.2) is 4.79 Å². The van der Waals surface area contributed by atoms with Gasteiger partial charge in [-0.3, -0.25) is 9.59 Å². The largest absolute Gasteiger partial charge is 0.482 e. The third-order valence-corrected chi connectivity index (χ3v) is 4.48. The SMILES string of the molecule is CCC(=O)c1ccc(OCC(=O)OCC(=O)N(CCC#N)c2cc(C)cc(C)c2)cc1. The van der Waals surface area contributed by atoms with Crippen LogP contribution in [0, 0.1) is 25.2 Å². The third-order valence-electron chi connectivity index (χ3n) is 4.48. The van der Waals surface area contributed by atoms with Gasteiger partial charge in [0.2, 0.25) is 0 Å². The van der Waals surface area contributed by atoms with Gasteiger partial charge < -0.3 is 14.4 Å². The molecule has 0 saturated heterocycles. The Morgan fingerprint density at radius 3 is 2.23 bits per heavy atom. The summed E-state index contributed by atoms with van der Waals surface area (Å²) in [6.07, 6.45) is 0.570. The van der Waals surface area contributed by atoms with Crippen LogP contribution in [0.5, 0.6) is 5.75 Å². The highest BCUT2D eigenvalue weighted by Gasteiger charge is 2.18. The van der Waals surface area contributed by atoms with Gasteiger partial charge in [0.15, 0.2) is 19.0 Å². The van der Waals surface area contributed by atoms with E-state index in [-0.39, 0.29) is 25.4 Å². The maximum absolute atomic E-state index is 12.6. The number of benzene rings is 2. The molecule has 0 aliphatic rings. The van der Waals surface area contributed by atoms with E-state index in [0.29, 0.717) is 23.4 Å². The molecule has 2 aromatic carbocycles. The van der Waals surface area contributed by atoms with Gasteiger partial charge in [-0.05, 0) is 61.4 Å². The van der Waals surface area contributed by atoms with Crippen molar-refractivity contribution in [3.63, 3.8) is 0 Å². The van der Waals surface area contributed by atoms with Crippen LogP contribution in [-0.2, 0) is 14.3 Å². The molecule has 2 rings (SSSR count). The zero-order chi connectivity index (χ0) is 22.8. The van der Waals surface area contributed by atoms with Crippen LogP contribution < -0.4 is 9.64 Å². The fourth-order valence-corrected chi connectivity index (χ4v) is 3.01. The van der Waals surface area contributed by atoms with Crippen LogP contribution >= 0.6 is 0 Å². The van der Waals surface area contributed by atoms with E-state index in [2.05, 4.69) is 0 Å². The third kappa shape index (κ3) is 7.27. The van der Waals surface area contributed by atoms with Gasteiger partial charge in [-0.2, -0.15) is 5.26 Å². The van der Waals surface area contributed by atoms with E-state index in [4.69, 9.17) is 14.7 Å². The average Bonchev–Trinajstić information content (AvgIpc) is 2.75. The van der Waals surface area contributed by atoms with Crippen LogP contribution in [0.25, 0.3) is 0 Å². The van der Waals surface area contributed by atoms with Gasteiger partial charge in [0.05, 0.1) is 12.5 Å². The number of anilines is 1. The number of ether oxygens (including phenoxy) is 2. The molecule has 0 radical (unpaired) electrons. The zero-order valence-corrected chi connectivity index (χ0v) is 18.0. The number of carbonyl (C=O) groups excluding carboxylic acids is 3. The molecule has 0 aliphatic carbocycles. The maximum atomic E-state index is 12.6. The first-order chi connectivity index (χ1) is 14.8. The Morgan fingerprint density at radius 1 is 1.00 bits per heavy atom. The molecule has 0 aromatic heterocycles. The van der Waals surface area contributed by atoms with E-state index >= 15 is 0 Å². The summed E-state index contributed by atoms with van der Waals surface area (Å²) < 4.78 is 10.4. The predicted octanol–water partition coefficient (Wildman–Crippen LogP) is 3.77. The molecule has 0 unspecified atom stereocenters. The standard InChI is InChI=1S/C24H26N2O5/c1-4-22(27)19-6-8-21(9-7-19)30-16-24(29)31-15-23(28)26(11-5-10-25)20-13-17(2)12-18(3)14-20/h6-9,12-14H,4-5,11,15-16H2,1-3H3. The quantitative estimate of drug-likeness (QED) is 0.427. The smallest absolute Gasteiger partial charge is 0.344 e. The van der Waals surface area contributed by atoms with Crippen molar-refractivity contribution < 1.29 is 23.9 Å². The molecule has 0 spiro atoms. The number of ketones is 1. The van der Waals surface area contributed by atoms with Gasteiger partial charge in [-0.15, -0.1) is 0 Å². The second-order valence-electron chi connectivity index (χ2n) is 7.05. The van der Waals surface area contributed by atoms with E-state index in [1.165, 1.54) is 4.90 Å². The second kappa shape index (κ2) is 11.5. The Labute approximate surface area is 182 Å². The molecule has 0 aliphatic heterocycles. The molecule has 162 valence electrons. The molecule has 1 amide bonds. The first-order valence-electron chi connectivity index (χ1n) is 10.0. The molecule has 0 saturated carbocycles. The van der Waals surface area contributed by atoms with Crippen LogP contribution in [-0.4, -0.2) is 37.4 Å². The normalized spacial score (nSPS) is 10.1. The highest BCUT2D eigenvalue weighted by Crippen LogP contribution is 2.19. The molecule has 0 heterocycles. The fourth-order valence-electron chi connectivity index (χ4n) is 3.01. The lowest BCUT2D eigenvalue weighted by molar-refractivity contribution is -0.149. The lowest BCUT2D eigenvalue weighted by atomic mass is 10.1. The average molecular weight is 422 g/mol. The number of esters is 1. The van der Waals surface area contributed by atoms with Crippen molar-refractivity contribution >= 4 is 23.3 Å². The lowest BCUT2D eigenvalue weighted by Gasteiger charge is -2.22. The van der Waals surface area contributed by atoms with Crippen LogP contribution in [0.3, 0.4) is 0 Å². The summed E-state index contributed by atoms with van der Waals surface area (Å²) in [5.41, 5.74) is 3.21. The molecule has 7 heteroatoms. The molecule has 31 heavy (non-hydrogen) atoms. The van der Waals surface area contributed by atoms with Crippen molar-refractivity contribution in [2.45, 2.75) is 33.6 Å². The minimum absolute atomic E-state index is 0.0224. The molecular weight excluding hydrogens is 396 g/mol. The number of rotatable bonds is 10. The molecule has 0 bridgehead atoms. The summed E-state index contributed by atoms with van der Waals surface area (Å²) in [6.45, 7) is 5.01. The van der Waals surface area contributed by atoms with E-state index in [1.54, 1.807) is 31.2 Å². The summed E-state index contributed by atoms with van der Waals surface area (Å²) in [5, 5.41) is 8.90. The van der Waals surface area contributed by atoms with Gasteiger partial charge in [0.1, 0.15) is 5.75 Å². The molecule has 7 nitrogen and oxygen atoms in total. The summed E-state index contributed by atoms with van der Waals surface area (Å²) in [4.78, 5) is 37.7. The molecule has 0 atom stereocenters. The summed E-state index contributed by atoms with van der Waals surface area (Å²) in [6, 6.07) is 14.2. The van der Waals surface area contributed by atoms with Crippen molar-refractivity contribution in [1.82, 2.24) is 0 Å². The Bertz CT molecular complexity index is 956. The Morgan fingerprint density at radius 2 is 1.65 bits per heavy atom. The number of hydrogen-bond donors (Lipinski definition) is 0. The lowest BCUT2D eigenvalue weighted by Crippen LogP contribution is -2.36. The Kier molecular flexibility index (Phi) is 8.77. The predicted molar refractivity (Wildman–Crippen MR) is 116 cm³/mol. The van der Waals surface area contributed by atoms with Crippen LogP contribution in [0.1, 0.15) is 41.3 Å². The molecule has 0 N–H and O–H groups in total. The molecule has 2 aromatic rings. The Balaban J connectivity index is 1.91. The van der Waals surface area contributed by atoms with E-state index in [9.17, 15) is 14.4 Å². The van der Waals surface area contributed by atoms with Crippen molar-refractivity contribution in [3.8, 4) is 11.8 Å². The minimum atomic E-state index is -0.692. The molecular formula is C24H26N2O5. The van der Waals surface area contributed by atoms with E-state index in [1.807, 2.05) is 38.1 Å². The number of hydrogen-bond acceptors (Lipinski definition) is 6. The summed E-state index contributed by atoms with van der Waals surface area (Å²) in [7, 11) is 0. The number of aryl methyl sites for hydroxylation is 2. The number of carbonyl (C=O) groups is 3. The molecule has 0 fully saturated rings. The van der Waals surface area contributed by atoms with Gasteiger partial charge in [0, 0.05) is 24.2 Å². The highest BCUT2D eigenvalue weighted by molar-refractivity contribution is 5.96. The van der Waals surface area contributed by atoms with Crippen molar-refractivity contribution in [2.24, 2.45) is 0 Å². The first kappa shape index (κ1) is 23.6. The number of Topliss-reactive ketones (excluding diaryl/α,β-unsaturated/α-hetero) is 1. The summed E-state index contributed by atoms with van der Waals surface area (Å²) >= 11 is 0. The van der Waals surface area contributed by atoms with Crippen LogP contribution in [0.4, 0.5) is 5.69 Å². The van der Waals surface area contributed by atoms with Crippen LogP contribution in [0.15, 0.2) is 42.5 Å². The fraction of sp³-hybridized carbons (Fsp3) is 0.333.